The number of aromatic carboxylic acids is 1. The smallest absolute Gasteiger partial charge is 0.335 e. The zero-order valence-corrected chi connectivity index (χ0v) is 9.83. The monoisotopic (exact) mass is 247 g/mol. The molecule has 0 saturated heterocycles. The van der Waals surface area contributed by atoms with Gasteiger partial charge in [-0.2, -0.15) is 0 Å². The van der Waals surface area contributed by atoms with Crippen molar-refractivity contribution in [2.75, 3.05) is 0 Å². The average molecular weight is 247 g/mol. The van der Waals surface area contributed by atoms with E-state index in [9.17, 15) is 9.59 Å². The lowest BCUT2D eigenvalue weighted by Gasteiger charge is -2.08. The van der Waals surface area contributed by atoms with Crippen molar-refractivity contribution in [2.45, 2.75) is 13.5 Å². The Hall–Kier alpha value is -2.37. The summed E-state index contributed by atoms with van der Waals surface area (Å²) in [5.74, 6) is -1.67. The van der Waals surface area contributed by atoms with E-state index in [1.54, 1.807) is 23.9 Å². The van der Waals surface area contributed by atoms with E-state index in [4.69, 9.17) is 10.8 Å². The maximum Gasteiger partial charge on any atom is 0.335 e. The molecule has 1 unspecified atom stereocenters. The molecule has 0 spiro atoms. The summed E-state index contributed by atoms with van der Waals surface area (Å²) in [5.41, 5.74) is 6.78. The van der Waals surface area contributed by atoms with E-state index in [1.807, 2.05) is 0 Å². The molecule has 1 amide bonds. The van der Waals surface area contributed by atoms with Crippen LogP contribution in [0.4, 0.5) is 0 Å². The van der Waals surface area contributed by atoms with Crippen LogP contribution >= 0.6 is 0 Å². The number of imidazole rings is 1. The molecule has 1 heterocycles. The van der Waals surface area contributed by atoms with Crippen molar-refractivity contribution in [1.82, 2.24) is 9.55 Å². The standard InChI is InChI=1S/C12H13N3O3/c1-7(11(13)16)5-15-6-14-9-4-8(12(17)18)2-3-10(9)15/h2-4,6-7H,5H2,1H3,(H2,13,16)(H,17,18). The van der Waals surface area contributed by atoms with Crippen LogP contribution in [0.1, 0.15) is 17.3 Å². The molecule has 0 fully saturated rings. The van der Waals surface area contributed by atoms with Gasteiger partial charge in [0.2, 0.25) is 5.91 Å². The zero-order valence-electron chi connectivity index (χ0n) is 9.83. The molecule has 0 bridgehead atoms. The lowest BCUT2D eigenvalue weighted by molar-refractivity contribution is -0.121. The molecule has 6 heteroatoms. The van der Waals surface area contributed by atoms with Crippen LogP contribution in [0.2, 0.25) is 0 Å². The van der Waals surface area contributed by atoms with Crippen LogP contribution in [0.5, 0.6) is 0 Å². The highest BCUT2D eigenvalue weighted by atomic mass is 16.4. The third-order valence-electron chi connectivity index (χ3n) is 2.82. The number of carboxylic acids is 1. The normalized spacial score (nSPS) is 12.5. The lowest BCUT2D eigenvalue weighted by atomic mass is 10.1. The molecule has 1 atom stereocenters. The Kier molecular flexibility index (Phi) is 3.01. The maximum absolute atomic E-state index is 11.0. The minimum absolute atomic E-state index is 0.190. The number of nitrogens with zero attached hydrogens (tertiary/aromatic N) is 2. The summed E-state index contributed by atoms with van der Waals surface area (Å²) in [5, 5.41) is 8.87. The minimum Gasteiger partial charge on any atom is -0.478 e. The third kappa shape index (κ3) is 2.17. The molecule has 0 saturated carbocycles. The molecule has 0 aliphatic rings. The van der Waals surface area contributed by atoms with Crippen LogP contribution in [0.3, 0.4) is 0 Å². The number of aromatic nitrogens is 2. The number of hydrogen-bond donors (Lipinski definition) is 2. The molecular formula is C12H13N3O3. The van der Waals surface area contributed by atoms with Gasteiger partial charge in [0.05, 0.1) is 28.8 Å². The first-order chi connectivity index (χ1) is 8.49. The van der Waals surface area contributed by atoms with Crippen LogP contribution in [-0.4, -0.2) is 26.5 Å². The SMILES string of the molecule is CC(Cn1cnc2cc(C(=O)O)ccc21)C(N)=O. The fraction of sp³-hybridized carbons (Fsp3) is 0.250. The van der Waals surface area contributed by atoms with Crippen LogP contribution in [-0.2, 0) is 11.3 Å². The molecule has 6 nitrogen and oxygen atoms in total. The molecule has 2 rings (SSSR count). The number of carbonyl (C=O) groups excluding carboxylic acids is 1. The Morgan fingerprint density at radius 3 is 2.83 bits per heavy atom. The Morgan fingerprint density at radius 1 is 1.50 bits per heavy atom. The number of hydrogen-bond acceptors (Lipinski definition) is 3. The van der Waals surface area contributed by atoms with Gasteiger partial charge in [-0.3, -0.25) is 4.79 Å². The van der Waals surface area contributed by atoms with Gasteiger partial charge in [0, 0.05) is 6.54 Å². The molecule has 1 aromatic heterocycles. The maximum atomic E-state index is 11.0. The van der Waals surface area contributed by atoms with Gasteiger partial charge in [-0.1, -0.05) is 6.92 Å². The van der Waals surface area contributed by atoms with Crippen molar-refractivity contribution in [3.8, 4) is 0 Å². The summed E-state index contributed by atoms with van der Waals surface area (Å²) >= 11 is 0. The highest BCUT2D eigenvalue weighted by Gasteiger charge is 2.12. The molecular weight excluding hydrogens is 234 g/mol. The number of primary amides is 1. The van der Waals surface area contributed by atoms with E-state index in [0.717, 1.165) is 5.52 Å². The molecule has 0 aliphatic heterocycles. The molecule has 18 heavy (non-hydrogen) atoms. The fourth-order valence-electron chi connectivity index (χ4n) is 1.73. The molecule has 0 aliphatic carbocycles. The third-order valence-corrected chi connectivity index (χ3v) is 2.82. The predicted octanol–water partition coefficient (Wildman–Crippen LogP) is 0.856. The van der Waals surface area contributed by atoms with Gasteiger partial charge in [0.25, 0.3) is 0 Å². The second kappa shape index (κ2) is 4.48. The van der Waals surface area contributed by atoms with Gasteiger partial charge < -0.3 is 15.4 Å². The number of nitrogens with two attached hydrogens (primary N) is 1. The quantitative estimate of drug-likeness (QED) is 0.836. The van der Waals surface area contributed by atoms with Crippen molar-refractivity contribution in [3.05, 3.63) is 30.1 Å². The number of amides is 1. The molecule has 1 aromatic carbocycles. The number of rotatable bonds is 4. The van der Waals surface area contributed by atoms with Crippen LogP contribution in [0.25, 0.3) is 11.0 Å². The second-order valence-corrected chi connectivity index (χ2v) is 4.21. The van der Waals surface area contributed by atoms with E-state index in [1.165, 1.54) is 12.1 Å². The van der Waals surface area contributed by atoms with Crippen molar-refractivity contribution >= 4 is 22.9 Å². The van der Waals surface area contributed by atoms with Crippen LogP contribution in [0.15, 0.2) is 24.5 Å². The first-order valence-corrected chi connectivity index (χ1v) is 5.46. The highest BCUT2D eigenvalue weighted by Crippen LogP contribution is 2.16. The largest absolute Gasteiger partial charge is 0.478 e. The van der Waals surface area contributed by atoms with Gasteiger partial charge in [-0.25, -0.2) is 9.78 Å². The summed E-state index contributed by atoms with van der Waals surface area (Å²) in [6.07, 6.45) is 1.58. The number of carboxylic acid groups (broad SMARTS) is 1. The number of benzene rings is 1. The zero-order chi connectivity index (χ0) is 13.3. The average Bonchev–Trinajstić information content (AvgIpc) is 2.71. The summed E-state index contributed by atoms with van der Waals surface area (Å²) in [6, 6.07) is 4.69. The molecule has 2 aromatic rings. The number of carbonyl (C=O) groups is 2. The van der Waals surface area contributed by atoms with E-state index >= 15 is 0 Å². The Labute approximate surface area is 103 Å². The van der Waals surface area contributed by atoms with E-state index in [0.29, 0.717) is 12.1 Å². The van der Waals surface area contributed by atoms with Gasteiger partial charge in [-0.15, -0.1) is 0 Å². The first-order valence-electron chi connectivity index (χ1n) is 5.46. The Bertz CT molecular complexity index is 618. The Balaban J connectivity index is 2.37. The minimum atomic E-state index is -0.989. The van der Waals surface area contributed by atoms with Gasteiger partial charge >= 0.3 is 5.97 Å². The topological polar surface area (TPSA) is 98.2 Å². The van der Waals surface area contributed by atoms with Crippen molar-refractivity contribution in [3.63, 3.8) is 0 Å². The van der Waals surface area contributed by atoms with Crippen molar-refractivity contribution < 1.29 is 14.7 Å². The Morgan fingerprint density at radius 2 is 2.22 bits per heavy atom. The van der Waals surface area contributed by atoms with E-state index < -0.39 is 5.97 Å². The van der Waals surface area contributed by atoms with Gasteiger partial charge in [0.15, 0.2) is 0 Å². The van der Waals surface area contributed by atoms with Gasteiger partial charge in [-0.05, 0) is 18.2 Å². The summed E-state index contributed by atoms with van der Waals surface area (Å²) in [4.78, 5) is 26.0. The van der Waals surface area contributed by atoms with Crippen LogP contribution in [0, 0.1) is 5.92 Å². The first kappa shape index (κ1) is 12.1. The molecule has 94 valence electrons. The molecule has 0 radical (unpaired) electrons. The highest BCUT2D eigenvalue weighted by molar-refractivity contribution is 5.92. The number of fused-ring (bicyclic) bond motifs is 1. The van der Waals surface area contributed by atoms with Gasteiger partial charge in [0.1, 0.15) is 0 Å². The molecule has 3 N–H and O–H groups in total. The van der Waals surface area contributed by atoms with Crippen LogP contribution < -0.4 is 5.73 Å². The second-order valence-electron chi connectivity index (χ2n) is 4.21. The van der Waals surface area contributed by atoms with Crippen molar-refractivity contribution in [1.29, 1.82) is 0 Å². The summed E-state index contributed by atoms with van der Waals surface area (Å²) in [6.45, 7) is 2.16. The summed E-state index contributed by atoms with van der Waals surface area (Å²) < 4.78 is 1.79. The summed E-state index contributed by atoms with van der Waals surface area (Å²) in [7, 11) is 0. The van der Waals surface area contributed by atoms with E-state index in [2.05, 4.69) is 4.98 Å². The lowest BCUT2D eigenvalue weighted by Crippen LogP contribution is -2.24. The van der Waals surface area contributed by atoms with Crippen molar-refractivity contribution in [2.24, 2.45) is 11.7 Å². The fourth-order valence-corrected chi connectivity index (χ4v) is 1.73. The van der Waals surface area contributed by atoms with E-state index in [-0.39, 0.29) is 17.4 Å². The predicted molar refractivity (Wildman–Crippen MR) is 65.1 cm³/mol.